The predicted octanol–water partition coefficient (Wildman–Crippen LogP) is 3.51. The molecule has 0 saturated carbocycles. The first-order valence-electron chi connectivity index (χ1n) is 9.36. The lowest BCUT2D eigenvalue weighted by molar-refractivity contribution is 0.0933. The Morgan fingerprint density at radius 3 is 2.85 bits per heavy atom. The highest BCUT2D eigenvalue weighted by atomic mass is 35.5. The van der Waals surface area contributed by atoms with Crippen molar-refractivity contribution in [3.05, 3.63) is 47.8 Å². The first-order chi connectivity index (χ1) is 12.5. The number of halogens is 1. The average molecular weight is 393 g/mol. The van der Waals surface area contributed by atoms with Crippen molar-refractivity contribution in [2.75, 3.05) is 13.1 Å². The minimum absolute atomic E-state index is 0. The van der Waals surface area contributed by atoms with Crippen LogP contribution >= 0.6 is 12.4 Å². The lowest BCUT2D eigenvalue weighted by Gasteiger charge is -2.22. The van der Waals surface area contributed by atoms with Gasteiger partial charge >= 0.3 is 0 Å². The molecular weight excluding hydrogens is 364 g/mol. The van der Waals surface area contributed by atoms with Gasteiger partial charge in [0.1, 0.15) is 11.4 Å². The number of carbonyl (C=O) groups is 1. The molecule has 1 aromatic carbocycles. The maximum atomic E-state index is 12.6. The standard InChI is InChI=1S/C20H28N4O2.ClH/c1-14(2)26-18-8-4-6-16(12-18)15(3)22-20(25)19-9-11-24(23-19)17-7-5-10-21-13-17;/h4,6,8-9,11-12,14-15,17,21H,5,7,10,13H2,1-3H3,(H,22,25);1H. The smallest absolute Gasteiger partial charge is 0.272 e. The van der Waals surface area contributed by atoms with E-state index >= 15 is 0 Å². The van der Waals surface area contributed by atoms with Crippen molar-refractivity contribution in [2.45, 2.75) is 51.8 Å². The summed E-state index contributed by atoms with van der Waals surface area (Å²) in [6, 6.07) is 9.82. The SMILES string of the molecule is CC(C)Oc1cccc(C(C)NC(=O)c2ccn(C3CCCNC3)n2)c1.Cl. The fourth-order valence-corrected chi connectivity index (χ4v) is 3.21. The molecular formula is C20H29ClN4O2. The summed E-state index contributed by atoms with van der Waals surface area (Å²) < 4.78 is 7.64. The van der Waals surface area contributed by atoms with E-state index in [1.54, 1.807) is 6.07 Å². The molecule has 6 nitrogen and oxygen atoms in total. The van der Waals surface area contributed by atoms with E-state index in [-0.39, 0.29) is 30.5 Å². The van der Waals surface area contributed by atoms with Crippen LogP contribution < -0.4 is 15.4 Å². The zero-order chi connectivity index (χ0) is 18.5. The number of amides is 1. The van der Waals surface area contributed by atoms with Crippen molar-refractivity contribution >= 4 is 18.3 Å². The van der Waals surface area contributed by atoms with Gasteiger partial charge in [-0.05, 0) is 63.9 Å². The second-order valence-electron chi connectivity index (χ2n) is 7.12. The molecule has 0 aliphatic carbocycles. The highest BCUT2D eigenvalue weighted by Crippen LogP contribution is 2.21. The number of aromatic nitrogens is 2. The second-order valence-corrected chi connectivity index (χ2v) is 7.12. The van der Waals surface area contributed by atoms with Crippen LogP contribution in [0.25, 0.3) is 0 Å². The van der Waals surface area contributed by atoms with Crippen LogP contribution in [-0.2, 0) is 0 Å². The minimum Gasteiger partial charge on any atom is -0.491 e. The molecule has 1 aliphatic heterocycles. The molecule has 27 heavy (non-hydrogen) atoms. The highest BCUT2D eigenvalue weighted by molar-refractivity contribution is 5.92. The minimum atomic E-state index is -0.157. The first-order valence-corrected chi connectivity index (χ1v) is 9.36. The van der Waals surface area contributed by atoms with Gasteiger partial charge in [-0.2, -0.15) is 5.10 Å². The van der Waals surface area contributed by atoms with E-state index < -0.39 is 0 Å². The molecule has 3 rings (SSSR count). The summed E-state index contributed by atoms with van der Waals surface area (Å²) in [4.78, 5) is 12.6. The summed E-state index contributed by atoms with van der Waals surface area (Å²) in [5, 5.41) is 10.9. The lowest BCUT2D eigenvalue weighted by Crippen LogP contribution is -2.32. The average Bonchev–Trinajstić information content (AvgIpc) is 3.12. The predicted molar refractivity (Wildman–Crippen MR) is 109 cm³/mol. The summed E-state index contributed by atoms with van der Waals surface area (Å²) in [5.41, 5.74) is 1.46. The summed E-state index contributed by atoms with van der Waals surface area (Å²) in [6.45, 7) is 7.92. The summed E-state index contributed by atoms with van der Waals surface area (Å²) >= 11 is 0. The number of hydrogen-bond donors (Lipinski definition) is 2. The van der Waals surface area contributed by atoms with Crippen LogP contribution in [0.4, 0.5) is 0 Å². The van der Waals surface area contributed by atoms with Gasteiger partial charge in [-0.3, -0.25) is 9.48 Å². The Bertz CT molecular complexity index is 741. The van der Waals surface area contributed by atoms with Gasteiger partial charge in [-0.15, -0.1) is 12.4 Å². The molecule has 7 heteroatoms. The third kappa shape index (κ3) is 5.71. The Hall–Kier alpha value is -2.05. The Labute approximate surface area is 167 Å². The summed E-state index contributed by atoms with van der Waals surface area (Å²) in [5.74, 6) is 0.655. The molecule has 0 spiro atoms. The molecule has 1 fully saturated rings. The van der Waals surface area contributed by atoms with E-state index in [1.807, 2.05) is 55.9 Å². The molecule has 0 radical (unpaired) electrons. The van der Waals surface area contributed by atoms with E-state index in [4.69, 9.17) is 4.74 Å². The number of hydrogen-bond acceptors (Lipinski definition) is 4. The third-order valence-corrected chi connectivity index (χ3v) is 4.56. The van der Waals surface area contributed by atoms with E-state index in [0.717, 1.165) is 37.2 Å². The number of piperidine rings is 1. The number of nitrogens with one attached hydrogen (secondary N) is 2. The van der Waals surface area contributed by atoms with Crippen LogP contribution in [0.1, 0.15) is 61.7 Å². The fraction of sp³-hybridized carbons (Fsp3) is 0.500. The van der Waals surface area contributed by atoms with E-state index in [1.165, 1.54) is 0 Å². The molecule has 2 unspecified atom stereocenters. The van der Waals surface area contributed by atoms with Crippen molar-refractivity contribution in [2.24, 2.45) is 0 Å². The van der Waals surface area contributed by atoms with Gasteiger partial charge in [-0.25, -0.2) is 0 Å². The molecule has 1 aromatic heterocycles. The number of ether oxygens (including phenoxy) is 1. The number of benzene rings is 1. The Kier molecular flexibility index (Phi) is 7.68. The summed E-state index contributed by atoms with van der Waals surface area (Å²) in [6.07, 6.45) is 4.24. The van der Waals surface area contributed by atoms with E-state index in [9.17, 15) is 4.79 Å². The zero-order valence-electron chi connectivity index (χ0n) is 16.1. The van der Waals surface area contributed by atoms with Gasteiger partial charge in [-0.1, -0.05) is 12.1 Å². The van der Waals surface area contributed by atoms with Crippen molar-refractivity contribution < 1.29 is 9.53 Å². The van der Waals surface area contributed by atoms with Crippen molar-refractivity contribution in [1.82, 2.24) is 20.4 Å². The molecule has 2 aromatic rings. The van der Waals surface area contributed by atoms with Gasteiger partial charge in [0, 0.05) is 12.7 Å². The quantitative estimate of drug-likeness (QED) is 0.789. The van der Waals surface area contributed by atoms with Crippen LogP contribution in [0.3, 0.4) is 0 Å². The van der Waals surface area contributed by atoms with Crippen molar-refractivity contribution in [1.29, 1.82) is 0 Å². The van der Waals surface area contributed by atoms with Crippen molar-refractivity contribution in [3.63, 3.8) is 0 Å². The van der Waals surface area contributed by atoms with E-state index in [2.05, 4.69) is 15.7 Å². The fourth-order valence-electron chi connectivity index (χ4n) is 3.21. The largest absolute Gasteiger partial charge is 0.491 e. The zero-order valence-corrected chi connectivity index (χ0v) is 17.0. The number of rotatable bonds is 6. The van der Waals surface area contributed by atoms with Crippen LogP contribution in [0.15, 0.2) is 36.5 Å². The van der Waals surface area contributed by atoms with Crippen LogP contribution in [0.2, 0.25) is 0 Å². The summed E-state index contributed by atoms with van der Waals surface area (Å²) in [7, 11) is 0. The molecule has 2 heterocycles. The maximum absolute atomic E-state index is 12.6. The number of carbonyl (C=O) groups excluding carboxylic acids is 1. The molecule has 1 amide bonds. The molecule has 2 N–H and O–H groups in total. The van der Waals surface area contributed by atoms with Gasteiger partial charge in [0.2, 0.25) is 0 Å². The van der Waals surface area contributed by atoms with Gasteiger partial charge in [0.05, 0.1) is 18.2 Å². The molecule has 2 atom stereocenters. The highest BCUT2D eigenvalue weighted by Gasteiger charge is 2.19. The van der Waals surface area contributed by atoms with Gasteiger partial charge < -0.3 is 15.4 Å². The Morgan fingerprint density at radius 1 is 1.33 bits per heavy atom. The number of nitrogens with zero attached hydrogens (tertiary/aromatic N) is 2. The van der Waals surface area contributed by atoms with Crippen LogP contribution in [-0.4, -0.2) is 34.9 Å². The van der Waals surface area contributed by atoms with Gasteiger partial charge in [0.15, 0.2) is 0 Å². The van der Waals surface area contributed by atoms with Crippen molar-refractivity contribution in [3.8, 4) is 5.75 Å². The molecule has 148 valence electrons. The maximum Gasteiger partial charge on any atom is 0.272 e. The van der Waals surface area contributed by atoms with Crippen LogP contribution in [0, 0.1) is 0 Å². The monoisotopic (exact) mass is 392 g/mol. The molecule has 0 bridgehead atoms. The first kappa shape index (κ1) is 21.3. The topological polar surface area (TPSA) is 68.2 Å². The van der Waals surface area contributed by atoms with E-state index in [0.29, 0.717) is 11.7 Å². The third-order valence-electron chi connectivity index (χ3n) is 4.56. The molecule has 1 aliphatic rings. The van der Waals surface area contributed by atoms with Gasteiger partial charge in [0.25, 0.3) is 5.91 Å². The molecule has 1 saturated heterocycles. The Balaban J connectivity index is 0.00000261. The van der Waals surface area contributed by atoms with Crippen LogP contribution in [0.5, 0.6) is 5.75 Å². The Morgan fingerprint density at radius 2 is 2.15 bits per heavy atom. The second kappa shape index (κ2) is 9.76. The lowest BCUT2D eigenvalue weighted by atomic mass is 10.1. The normalized spacial score (nSPS) is 17.9.